The topological polar surface area (TPSA) is 103 Å². The van der Waals surface area contributed by atoms with Gasteiger partial charge in [-0.1, -0.05) is 0 Å². The van der Waals surface area contributed by atoms with Crippen molar-refractivity contribution in [3.05, 3.63) is 36.2 Å². The lowest BCUT2D eigenvalue weighted by atomic mass is 10.1. The average Bonchev–Trinajstić information content (AvgIpc) is 3.28. The fourth-order valence-electron chi connectivity index (χ4n) is 4.63. The SMILES string of the molecule is C[C@@H](NC(=O)c1ccc2c(n1)N(C(=O)Nc1cc(N3CCOCC3)ccn1)[C@H]1CCN2C1)C(F)(F)F. The van der Waals surface area contributed by atoms with E-state index < -0.39 is 24.2 Å². The first-order valence-electron chi connectivity index (χ1n) is 11.7. The number of amides is 3. The van der Waals surface area contributed by atoms with Crippen LogP contribution < -0.4 is 25.3 Å². The van der Waals surface area contributed by atoms with Crippen LogP contribution in [-0.4, -0.2) is 79.6 Å². The highest BCUT2D eigenvalue weighted by Crippen LogP contribution is 2.39. The van der Waals surface area contributed by atoms with Gasteiger partial charge in [-0.05, 0) is 31.5 Å². The van der Waals surface area contributed by atoms with Gasteiger partial charge in [0, 0.05) is 44.1 Å². The lowest BCUT2D eigenvalue weighted by molar-refractivity contribution is -0.149. The molecule has 0 radical (unpaired) electrons. The van der Waals surface area contributed by atoms with Gasteiger partial charge >= 0.3 is 12.2 Å². The number of alkyl halides is 3. The van der Waals surface area contributed by atoms with Gasteiger partial charge in [0.25, 0.3) is 5.91 Å². The Balaban J connectivity index is 1.38. The normalized spacial score (nSPS) is 20.1. The van der Waals surface area contributed by atoms with Crippen LogP contribution >= 0.6 is 0 Å². The van der Waals surface area contributed by atoms with Gasteiger partial charge in [-0.3, -0.25) is 15.0 Å². The van der Waals surface area contributed by atoms with Gasteiger partial charge in [-0.2, -0.15) is 13.2 Å². The first-order chi connectivity index (χ1) is 17.2. The van der Waals surface area contributed by atoms with Crippen LogP contribution in [0.1, 0.15) is 23.8 Å². The molecule has 192 valence electrons. The van der Waals surface area contributed by atoms with E-state index in [9.17, 15) is 22.8 Å². The molecule has 2 bridgehead atoms. The molecule has 0 spiro atoms. The molecule has 5 heterocycles. The van der Waals surface area contributed by atoms with Gasteiger partial charge in [0.05, 0.1) is 24.9 Å². The standard InChI is InChI=1S/C23H26F3N7O3/c1-14(23(24,25)26)28-21(34)17-2-3-18-20(29-17)33(16-5-7-32(18)13-16)22(35)30-19-12-15(4-6-27-19)31-8-10-36-11-9-31/h2-4,6,12,14,16H,5,7-11,13H2,1H3,(H,28,34)(H,27,30,35)/t14-,16+/m1/s1. The van der Waals surface area contributed by atoms with Crippen molar-refractivity contribution < 1.29 is 27.5 Å². The van der Waals surface area contributed by atoms with Crippen molar-refractivity contribution in [2.75, 3.05) is 59.4 Å². The molecule has 10 nitrogen and oxygen atoms in total. The van der Waals surface area contributed by atoms with Gasteiger partial charge in [-0.15, -0.1) is 0 Å². The second kappa shape index (κ2) is 9.45. The zero-order valence-corrected chi connectivity index (χ0v) is 19.6. The molecule has 0 aliphatic carbocycles. The number of morpholine rings is 1. The van der Waals surface area contributed by atoms with Crippen LogP contribution in [-0.2, 0) is 4.74 Å². The predicted octanol–water partition coefficient (Wildman–Crippen LogP) is 2.62. The molecule has 3 amide bonds. The Bertz CT molecular complexity index is 1160. The summed E-state index contributed by atoms with van der Waals surface area (Å²) in [4.78, 5) is 40.2. The van der Waals surface area contributed by atoms with E-state index in [1.54, 1.807) is 18.3 Å². The van der Waals surface area contributed by atoms with Crippen molar-refractivity contribution in [1.29, 1.82) is 0 Å². The number of hydrogen-bond acceptors (Lipinski definition) is 7. The van der Waals surface area contributed by atoms with Crippen molar-refractivity contribution in [2.24, 2.45) is 0 Å². The maximum Gasteiger partial charge on any atom is 0.408 e. The third kappa shape index (κ3) is 4.74. The molecule has 36 heavy (non-hydrogen) atoms. The summed E-state index contributed by atoms with van der Waals surface area (Å²) in [5, 5.41) is 4.75. The predicted molar refractivity (Wildman–Crippen MR) is 127 cm³/mol. The van der Waals surface area contributed by atoms with Gasteiger partial charge in [0.2, 0.25) is 0 Å². The number of aromatic nitrogens is 2. The van der Waals surface area contributed by atoms with Crippen LogP contribution in [0.2, 0.25) is 0 Å². The Hall–Kier alpha value is -3.61. The minimum atomic E-state index is -4.58. The summed E-state index contributed by atoms with van der Waals surface area (Å²) in [6, 6.07) is 3.94. The van der Waals surface area contributed by atoms with E-state index in [0.717, 1.165) is 25.7 Å². The van der Waals surface area contributed by atoms with Gasteiger partial charge < -0.3 is 19.9 Å². The van der Waals surface area contributed by atoms with Crippen LogP contribution in [0.3, 0.4) is 0 Å². The summed E-state index contributed by atoms with van der Waals surface area (Å²) in [5.41, 5.74) is 1.36. The fraction of sp³-hybridized carbons (Fsp3) is 0.478. The van der Waals surface area contributed by atoms with Crippen molar-refractivity contribution in [3.63, 3.8) is 0 Å². The molecule has 3 aliphatic heterocycles. The van der Waals surface area contributed by atoms with E-state index >= 15 is 0 Å². The molecule has 3 aliphatic rings. The molecular weight excluding hydrogens is 479 g/mol. The first kappa shape index (κ1) is 24.1. The summed E-state index contributed by atoms with van der Waals surface area (Å²) in [5.74, 6) is -0.368. The number of halogens is 3. The maximum atomic E-state index is 13.4. The molecule has 0 saturated carbocycles. The fourth-order valence-corrected chi connectivity index (χ4v) is 4.63. The monoisotopic (exact) mass is 505 g/mol. The van der Waals surface area contributed by atoms with Gasteiger partial charge in [0.15, 0.2) is 5.82 Å². The molecule has 2 atom stereocenters. The summed E-state index contributed by atoms with van der Waals surface area (Å²) in [6.07, 6.45) is -2.27. The molecule has 0 unspecified atom stereocenters. The highest BCUT2D eigenvalue weighted by molar-refractivity contribution is 6.05. The number of rotatable bonds is 4. The van der Waals surface area contributed by atoms with E-state index in [1.165, 1.54) is 11.0 Å². The van der Waals surface area contributed by atoms with Crippen LogP contribution in [0.4, 0.5) is 41.0 Å². The lowest BCUT2D eigenvalue weighted by Gasteiger charge is -2.35. The number of nitrogens with one attached hydrogen (secondary N) is 2. The minimum Gasteiger partial charge on any atom is -0.378 e. The molecule has 0 aromatic carbocycles. The number of nitrogens with zero attached hydrogens (tertiary/aromatic N) is 5. The average molecular weight is 506 g/mol. The largest absolute Gasteiger partial charge is 0.408 e. The zero-order chi connectivity index (χ0) is 25.4. The highest BCUT2D eigenvalue weighted by Gasteiger charge is 2.41. The number of pyridine rings is 2. The van der Waals surface area contributed by atoms with E-state index in [2.05, 4.69) is 20.2 Å². The summed E-state index contributed by atoms with van der Waals surface area (Å²) >= 11 is 0. The van der Waals surface area contributed by atoms with Crippen molar-refractivity contribution >= 4 is 34.9 Å². The number of hydrogen-bond donors (Lipinski definition) is 2. The highest BCUT2D eigenvalue weighted by atomic mass is 19.4. The molecular formula is C23H26F3N7O3. The number of ether oxygens (including phenoxy) is 1. The Kier molecular flexibility index (Phi) is 6.33. The van der Waals surface area contributed by atoms with Crippen LogP contribution in [0.25, 0.3) is 0 Å². The molecule has 2 N–H and O–H groups in total. The number of anilines is 4. The quantitative estimate of drug-likeness (QED) is 0.659. The Labute approximate surface area is 205 Å². The third-order valence-electron chi connectivity index (χ3n) is 6.60. The Morgan fingerprint density at radius 1 is 1.14 bits per heavy atom. The summed E-state index contributed by atoms with van der Waals surface area (Å²) < 4.78 is 44.1. The van der Waals surface area contributed by atoms with E-state index in [-0.39, 0.29) is 17.6 Å². The lowest BCUT2D eigenvalue weighted by Crippen LogP contribution is -2.49. The molecule has 5 rings (SSSR count). The number of urea groups is 1. The van der Waals surface area contributed by atoms with E-state index in [0.29, 0.717) is 44.2 Å². The number of carbonyl (C=O) groups is 2. The van der Waals surface area contributed by atoms with Crippen LogP contribution in [0.5, 0.6) is 0 Å². The Morgan fingerprint density at radius 2 is 1.92 bits per heavy atom. The zero-order valence-electron chi connectivity index (χ0n) is 19.6. The molecule has 2 aromatic heterocycles. The molecule has 2 aromatic rings. The van der Waals surface area contributed by atoms with Crippen molar-refractivity contribution in [1.82, 2.24) is 15.3 Å². The summed E-state index contributed by atoms with van der Waals surface area (Å²) in [7, 11) is 0. The van der Waals surface area contributed by atoms with Gasteiger partial charge in [-0.25, -0.2) is 14.8 Å². The van der Waals surface area contributed by atoms with Crippen molar-refractivity contribution in [3.8, 4) is 0 Å². The molecule has 2 fully saturated rings. The van der Waals surface area contributed by atoms with Gasteiger partial charge in [0.1, 0.15) is 17.6 Å². The van der Waals surface area contributed by atoms with Crippen molar-refractivity contribution in [2.45, 2.75) is 31.6 Å². The van der Waals surface area contributed by atoms with E-state index in [1.807, 2.05) is 16.3 Å². The molecule has 2 saturated heterocycles. The third-order valence-corrected chi connectivity index (χ3v) is 6.60. The first-order valence-corrected chi connectivity index (χ1v) is 11.7. The van der Waals surface area contributed by atoms with Crippen LogP contribution in [0, 0.1) is 0 Å². The number of carbonyl (C=O) groups excluding carboxylic acids is 2. The molecule has 13 heteroatoms. The van der Waals surface area contributed by atoms with Crippen LogP contribution in [0.15, 0.2) is 30.5 Å². The smallest absolute Gasteiger partial charge is 0.378 e. The second-order valence-electron chi connectivity index (χ2n) is 8.96. The Morgan fingerprint density at radius 3 is 2.67 bits per heavy atom. The second-order valence-corrected chi connectivity index (χ2v) is 8.96. The van der Waals surface area contributed by atoms with E-state index in [4.69, 9.17) is 4.74 Å². The number of fused-ring (bicyclic) bond motifs is 4. The summed E-state index contributed by atoms with van der Waals surface area (Å²) in [6.45, 7) is 4.86. The maximum absolute atomic E-state index is 13.4. The minimum absolute atomic E-state index is 0.195.